The molecule has 0 atom stereocenters. The van der Waals surface area contributed by atoms with E-state index in [2.05, 4.69) is 43.5 Å². The normalized spacial score (nSPS) is 10.2. The summed E-state index contributed by atoms with van der Waals surface area (Å²) >= 11 is 3.44. The smallest absolute Gasteiger partial charge is 0.275 e. The summed E-state index contributed by atoms with van der Waals surface area (Å²) in [6.45, 7) is 4.89. The Morgan fingerprint density at radius 3 is 2.71 bits per heavy atom. The lowest BCUT2D eigenvalue weighted by Crippen LogP contribution is -2.14. The van der Waals surface area contributed by atoms with Crippen LogP contribution in [0, 0.1) is 6.92 Å². The summed E-state index contributed by atoms with van der Waals surface area (Å²) in [6, 6.07) is 5.64. The molecule has 110 valence electrons. The van der Waals surface area contributed by atoms with Crippen molar-refractivity contribution in [2.24, 2.45) is 0 Å². The average Bonchev–Trinajstić information content (AvgIpc) is 2.49. The number of halogens is 1. The Morgan fingerprint density at radius 2 is 2.10 bits per heavy atom. The molecule has 0 bridgehead atoms. The molecule has 1 amide bonds. The number of carbonyl (C=O) groups is 1. The first kappa shape index (κ1) is 15.4. The van der Waals surface area contributed by atoms with Crippen LogP contribution >= 0.6 is 15.9 Å². The quantitative estimate of drug-likeness (QED) is 0.865. The van der Waals surface area contributed by atoms with Gasteiger partial charge in [0.05, 0.1) is 12.4 Å². The molecule has 2 rings (SSSR count). The van der Waals surface area contributed by atoms with Gasteiger partial charge in [0, 0.05) is 16.7 Å². The minimum Gasteiger partial charge on any atom is -0.369 e. The Kier molecular flexibility index (Phi) is 5.27. The van der Waals surface area contributed by atoms with Crippen molar-refractivity contribution in [1.82, 2.24) is 9.97 Å². The molecule has 1 aromatic heterocycles. The maximum Gasteiger partial charge on any atom is 0.275 e. The van der Waals surface area contributed by atoms with Crippen LogP contribution in [-0.4, -0.2) is 22.4 Å². The Labute approximate surface area is 132 Å². The number of amides is 1. The van der Waals surface area contributed by atoms with Crippen molar-refractivity contribution in [2.75, 3.05) is 17.2 Å². The number of rotatable bonds is 5. The topological polar surface area (TPSA) is 66.9 Å². The van der Waals surface area contributed by atoms with Gasteiger partial charge in [-0.05, 0) is 31.0 Å². The van der Waals surface area contributed by atoms with Gasteiger partial charge in [-0.2, -0.15) is 0 Å². The molecular formula is C15H17BrN4O. The van der Waals surface area contributed by atoms with Gasteiger partial charge in [-0.3, -0.25) is 4.79 Å². The number of nitrogens with one attached hydrogen (secondary N) is 2. The number of hydrogen-bond donors (Lipinski definition) is 2. The largest absolute Gasteiger partial charge is 0.369 e. The van der Waals surface area contributed by atoms with Crippen LogP contribution in [0.2, 0.25) is 0 Å². The highest BCUT2D eigenvalue weighted by Crippen LogP contribution is 2.20. The Morgan fingerprint density at radius 1 is 1.29 bits per heavy atom. The van der Waals surface area contributed by atoms with Crippen molar-refractivity contribution in [2.45, 2.75) is 20.3 Å². The minimum atomic E-state index is -0.278. The lowest BCUT2D eigenvalue weighted by Gasteiger charge is -2.07. The molecule has 0 spiro atoms. The molecule has 0 fully saturated rings. The first-order valence-corrected chi connectivity index (χ1v) is 7.53. The van der Waals surface area contributed by atoms with E-state index in [4.69, 9.17) is 0 Å². The molecule has 0 saturated carbocycles. The fourth-order valence-electron chi connectivity index (χ4n) is 1.66. The average molecular weight is 349 g/mol. The van der Waals surface area contributed by atoms with Crippen LogP contribution in [0.5, 0.6) is 0 Å². The van der Waals surface area contributed by atoms with Crippen LogP contribution in [0.1, 0.15) is 29.4 Å². The molecule has 0 aliphatic carbocycles. The third-order valence-corrected chi connectivity index (χ3v) is 3.72. The van der Waals surface area contributed by atoms with Gasteiger partial charge < -0.3 is 10.6 Å². The monoisotopic (exact) mass is 348 g/mol. The van der Waals surface area contributed by atoms with Crippen molar-refractivity contribution in [3.63, 3.8) is 0 Å². The molecule has 5 nitrogen and oxygen atoms in total. The zero-order chi connectivity index (χ0) is 15.2. The lowest BCUT2D eigenvalue weighted by molar-refractivity contribution is 0.102. The summed E-state index contributed by atoms with van der Waals surface area (Å²) in [5.41, 5.74) is 2.11. The Hall–Kier alpha value is -1.95. The molecule has 6 heteroatoms. The lowest BCUT2D eigenvalue weighted by atomic mass is 10.2. The fraction of sp³-hybridized carbons (Fsp3) is 0.267. The maximum atomic E-state index is 12.1. The van der Waals surface area contributed by atoms with E-state index in [1.807, 2.05) is 25.1 Å². The molecule has 0 saturated heterocycles. The highest BCUT2D eigenvalue weighted by Gasteiger charge is 2.09. The third-order valence-electron chi connectivity index (χ3n) is 2.87. The molecular weight excluding hydrogens is 332 g/mol. The molecule has 0 unspecified atom stereocenters. The second-order valence-corrected chi connectivity index (χ2v) is 5.49. The SMILES string of the molecule is CCCNc1cnc(C(=O)Nc2ccc(C)c(Br)c2)cn1. The van der Waals surface area contributed by atoms with Crippen molar-refractivity contribution in [3.8, 4) is 0 Å². The summed E-state index contributed by atoms with van der Waals surface area (Å²) in [6.07, 6.45) is 4.04. The van der Waals surface area contributed by atoms with Gasteiger partial charge in [-0.15, -0.1) is 0 Å². The second-order valence-electron chi connectivity index (χ2n) is 4.63. The number of hydrogen-bond acceptors (Lipinski definition) is 4. The van der Waals surface area contributed by atoms with Crippen molar-refractivity contribution in [3.05, 3.63) is 46.3 Å². The van der Waals surface area contributed by atoms with Gasteiger partial charge >= 0.3 is 0 Å². The van der Waals surface area contributed by atoms with Crippen LogP contribution in [0.25, 0.3) is 0 Å². The van der Waals surface area contributed by atoms with Gasteiger partial charge in [0.2, 0.25) is 0 Å². The van der Waals surface area contributed by atoms with E-state index < -0.39 is 0 Å². The second kappa shape index (κ2) is 7.17. The zero-order valence-corrected chi connectivity index (χ0v) is 13.6. The third kappa shape index (κ3) is 4.26. The predicted octanol–water partition coefficient (Wildman–Crippen LogP) is 3.62. The molecule has 0 radical (unpaired) electrons. The van der Waals surface area contributed by atoms with Crippen molar-refractivity contribution < 1.29 is 4.79 Å². The van der Waals surface area contributed by atoms with Crippen LogP contribution in [-0.2, 0) is 0 Å². The summed E-state index contributed by atoms with van der Waals surface area (Å²) < 4.78 is 0.950. The van der Waals surface area contributed by atoms with E-state index in [0.29, 0.717) is 11.5 Å². The van der Waals surface area contributed by atoms with Crippen LogP contribution in [0.4, 0.5) is 11.5 Å². The Balaban J connectivity index is 2.04. The van der Waals surface area contributed by atoms with Crippen LogP contribution < -0.4 is 10.6 Å². The standard InChI is InChI=1S/C15H17BrN4O/c1-3-6-17-14-9-18-13(8-19-14)15(21)20-11-5-4-10(2)12(16)7-11/h4-5,7-9H,3,6H2,1-2H3,(H,17,19)(H,20,21). The van der Waals surface area contributed by atoms with Crippen molar-refractivity contribution >= 4 is 33.3 Å². The maximum absolute atomic E-state index is 12.1. The minimum absolute atomic E-state index is 0.278. The fourth-order valence-corrected chi connectivity index (χ4v) is 2.03. The van der Waals surface area contributed by atoms with Crippen LogP contribution in [0.15, 0.2) is 35.1 Å². The van der Waals surface area contributed by atoms with Crippen LogP contribution in [0.3, 0.4) is 0 Å². The number of aryl methyl sites for hydroxylation is 1. The number of anilines is 2. The van der Waals surface area contributed by atoms with E-state index in [1.54, 1.807) is 6.20 Å². The van der Waals surface area contributed by atoms with E-state index >= 15 is 0 Å². The molecule has 2 N–H and O–H groups in total. The number of aromatic nitrogens is 2. The molecule has 21 heavy (non-hydrogen) atoms. The van der Waals surface area contributed by atoms with Gasteiger partial charge in [0.25, 0.3) is 5.91 Å². The zero-order valence-electron chi connectivity index (χ0n) is 12.0. The summed E-state index contributed by atoms with van der Waals surface area (Å²) in [5.74, 6) is 0.395. The predicted molar refractivity (Wildman–Crippen MR) is 87.6 cm³/mol. The van der Waals surface area contributed by atoms with E-state index in [-0.39, 0.29) is 11.6 Å². The molecule has 0 aliphatic heterocycles. The number of carbonyl (C=O) groups excluding carboxylic acids is 1. The molecule has 2 aromatic rings. The molecule has 1 heterocycles. The summed E-state index contributed by atoms with van der Waals surface area (Å²) in [7, 11) is 0. The van der Waals surface area contributed by atoms with Gasteiger partial charge in [-0.25, -0.2) is 9.97 Å². The van der Waals surface area contributed by atoms with E-state index in [1.165, 1.54) is 6.20 Å². The highest BCUT2D eigenvalue weighted by molar-refractivity contribution is 9.10. The number of nitrogens with zero attached hydrogens (tertiary/aromatic N) is 2. The van der Waals surface area contributed by atoms with Gasteiger partial charge in [0.1, 0.15) is 11.5 Å². The van der Waals surface area contributed by atoms with E-state index in [0.717, 1.165) is 23.0 Å². The first-order chi connectivity index (χ1) is 10.1. The van der Waals surface area contributed by atoms with E-state index in [9.17, 15) is 4.79 Å². The van der Waals surface area contributed by atoms with Gasteiger partial charge in [-0.1, -0.05) is 28.9 Å². The number of benzene rings is 1. The first-order valence-electron chi connectivity index (χ1n) is 6.73. The Bertz CT molecular complexity index is 628. The molecule has 0 aliphatic rings. The van der Waals surface area contributed by atoms with Gasteiger partial charge in [0.15, 0.2) is 0 Å². The summed E-state index contributed by atoms with van der Waals surface area (Å²) in [5, 5.41) is 5.91. The van der Waals surface area contributed by atoms with Crippen molar-refractivity contribution in [1.29, 1.82) is 0 Å². The molecule has 1 aromatic carbocycles. The highest BCUT2D eigenvalue weighted by atomic mass is 79.9. The summed E-state index contributed by atoms with van der Waals surface area (Å²) in [4.78, 5) is 20.4.